The zero-order valence-corrected chi connectivity index (χ0v) is 15.7. The van der Waals surface area contributed by atoms with Crippen molar-refractivity contribution < 1.29 is 23.5 Å². The summed E-state index contributed by atoms with van der Waals surface area (Å²) in [5, 5.41) is 3.56. The van der Waals surface area contributed by atoms with Crippen LogP contribution >= 0.6 is 0 Å². The third kappa shape index (κ3) is 3.28. The smallest absolute Gasteiger partial charge is 0.328 e. The molecule has 0 saturated carbocycles. The minimum Gasteiger partial charge on any atom is -0.467 e. The molecule has 0 spiro atoms. The summed E-state index contributed by atoms with van der Waals surface area (Å²) in [4.78, 5) is 38.3. The third-order valence-corrected chi connectivity index (χ3v) is 5.33. The van der Waals surface area contributed by atoms with Gasteiger partial charge in [0.2, 0.25) is 5.91 Å². The van der Waals surface area contributed by atoms with Crippen LogP contribution in [0.5, 0.6) is 0 Å². The molecule has 0 bridgehead atoms. The molecule has 1 aliphatic carbocycles. The van der Waals surface area contributed by atoms with Gasteiger partial charge in [-0.05, 0) is 37.5 Å². The first-order valence-corrected chi connectivity index (χ1v) is 9.46. The largest absolute Gasteiger partial charge is 0.467 e. The highest BCUT2D eigenvalue weighted by Crippen LogP contribution is 2.31. The summed E-state index contributed by atoms with van der Waals surface area (Å²) < 4.78 is 10.6. The molecule has 7 heteroatoms. The number of aryl methyl sites for hydroxylation is 1. The van der Waals surface area contributed by atoms with E-state index in [1.807, 2.05) is 6.08 Å². The molecule has 7 nitrogen and oxygen atoms in total. The number of allylic oxidation sites excluding steroid dienone is 1. The molecule has 28 heavy (non-hydrogen) atoms. The molecule has 1 aromatic carbocycles. The highest BCUT2D eigenvalue weighted by Gasteiger charge is 2.34. The number of hydrogen-bond donors (Lipinski definition) is 1. The number of nitrogens with one attached hydrogen (secondary N) is 1. The molecule has 1 atom stereocenters. The van der Waals surface area contributed by atoms with Crippen molar-refractivity contribution >= 4 is 34.8 Å². The lowest BCUT2D eigenvalue weighted by atomic mass is 10.0. The number of amides is 2. The Balaban J connectivity index is 1.45. The van der Waals surface area contributed by atoms with E-state index in [2.05, 4.69) is 11.4 Å². The van der Waals surface area contributed by atoms with Crippen LogP contribution in [0.4, 0.5) is 0 Å². The normalized spacial score (nSPS) is 18.2. The maximum absolute atomic E-state index is 12.5. The number of benzene rings is 1. The highest BCUT2D eigenvalue weighted by atomic mass is 16.5. The van der Waals surface area contributed by atoms with Gasteiger partial charge in [0, 0.05) is 29.5 Å². The van der Waals surface area contributed by atoms with Crippen molar-refractivity contribution in [3.63, 3.8) is 0 Å². The summed E-state index contributed by atoms with van der Waals surface area (Å²) >= 11 is 0. The molecule has 2 heterocycles. The van der Waals surface area contributed by atoms with E-state index in [9.17, 15) is 14.4 Å². The molecule has 1 aromatic heterocycles. The molecule has 2 aromatic rings. The molecule has 4 rings (SSSR count). The number of rotatable bonds is 4. The number of esters is 1. The fourth-order valence-electron chi connectivity index (χ4n) is 3.90. The number of carbonyl (C=O) groups excluding carboxylic acids is 3. The lowest BCUT2D eigenvalue weighted by molar-refractivity contribution is -0.150. The molecule has 1 aliphatic heterocycles. The van der Waals surface area contributed by atoms with Gasteiger partial charge >= 0.3 is 5.97 Å². The Hall–Kier alpha value is -3.09. The van der Waals surface area contributed by atoms with Crippen LogP contribution in [0, 0.1) is 0 Å². The van der Waals surface area contributed by atoms with Gasteiger partial charge in [-0.15, -0.1) is 0 Å². The molecule has 1 unspecified atom stereocenters. The minimum absolute atomic E-state index is 0.159. The number of methoxy groups -OCH3 is 1. The standard InChI is InChI=1S/C21H22N2O5/c1-27-21(26)16-6-4-10-23(16)19(24)12-22-20(25)13-8-9-18-15(11-13)14-5-2-3-7-17(14)28-18/h2,5,8-9,11,16H,3-4,6-7,10,12H2,1H3,(H,22,25). The van der Waals surface area contributed by atoms with Gasteiger partial charge in [-0.25, -0.2) is 4.79 Å². The Morgan fingerprint density at radius 3 is 3.00 bits per heavy atom. The van der Waals surface area contributed by atoms with Crippen LogP contribution in [-0.2, 0) is 20.7 Å². The average molecular weight is 382 g/mol. The number of carbonyl (C=O) groups is 3. The summed E-state index contributed by atoms with van der Waals surface area (Å²) in [7, 11) is 1.31. The van der Waals surface area contributed by atoms with E-state index >= 15 is 0 Å². The maximum Gasteiger partial charge on any atom is 0.328 e. The number of likely N-dealkylation sites (tertiary alicyclic amines) is 1. The van der Waals surface area contributed by atoms with E-state index in [-0.39, 0.29) is 18.4 Å². The Morgan fingerprint density at radius 1 is 1.32 bits per heavy atom. The Kier molecular flexibility index (Phi) is 4.90. The molecular weight excluding hydrogens is 360 g/mol. The SMILES string of the molecule is COC(=O)C1CCCN1C(=O)CNC(=O)c1ccc2oc3c(c2c1)C=CCC3. The molecule has 0 radical (unpaired) electrons. The van der Waals surface area contributed by atoms with Gasteiger partial charge in [0.1, 0.15) is 17.4 Å². The van der Waals surface area contributed by atoms with Crippen molar-refractivity contribution in [2.45, 2.75) is 31.7 Å². The van der Waals surface area contributed by atoms with Crippen molar-refractivity contribution in [2.75, 3.05) is 20.2 Å². The van der Waals surface area contributed by atoms with Crippen molar-refractivity contribution in [3.8, 4) is 0 Å². The molecule has 1 N–H and O–H groups in total. The lowest BCUT2D eigenvalue weighted by Gasteiger charge is -2.22. The molecule has 146 valence electrons. The summed E-state index contributed by atoms with van der Waals surface area (Å²) in [6.07, 6.45) is 7.25. The van der Waals surface area contributed by atoms with Gasteiger partial charge in [0.25, 0.3) is 5.91 Å². The quantitative estimate of drug-likeness (QED) is 0.820. The van der Waals surface area contributed by atoms with Crippen LogP contribution < -0.4 is 5.32 Å². The first-order chi connectivity index (χ1) is 13.6. The predicted molar refractivity (Wildman–Crippen MR) is 103 cm³/mol. The molecule has 2 amide bonds. The summed E-state index contributed by atoms with van der Waals surface area (Å²) in [5.41, 5.74) is 2.24. The van der Waals surface area contributed by atoms with E-state index in [0.29, 0.717) is 18.5 Å². The van der Waals surface area contributed by atoms with Crippen LogP contribution in [0.25, 0.3) is 17.0 Å². The summed E-state index contributed by atoms with van der Waals surface area (Å²) in [6.45, 7) is 0.335. The van der Waals surface area contributed by atoms with Gasteiger partial charge in [0.05, 0.1) is 13.7 Å². The Morgan fingerprint density at radius 2 is 2.18 bits per heavy atom. The molecule has 1 saturated heterocycles. The summed E-state index contributed by atoms with van der Waals surface area (Å²) in [5.74, 6) is -0.0988. The van der Waals surface area contributed by atoms with Crippen molar-refractivity contribution in [2.24, 2.45) is 0 Å². The fourth-order valence-corrected chi connectivity index (χ4v) is 3.90. The molecular formula is C21H22N2O5. The minimum atomic E-state index is -0.560. The van der Waals surface area contributed by atoms with Crippen molar-refractivity contribution in [3.05, 3.63) is 41.2 Å². The number of hydrogen-bond acceptors (Lipinski definition) is 5. The Bertz CT molecular complexity index is 975. The Labute approximate surface area is 162 Å². The van der Waals surface area contributed by atoms with Gasteiger partial charge < -0.3 is 19.4 Å². The van der Waals surface area contributed by atoms with Gasteiger partial charge in [-0.1, -0.05) is 12.2 Å². The second-order valence-corrected chi connectivity index (χ2v) is 7.04. The molecule has 2 aliphatic rings. The van der Waals surface area contributed by atoms with E-state index < -0.39 is 12.0 Å². The average Bonchev–Trinajstić information content (AvgIpc) is 3.35. The predicted octanol–water partition coefficient (Wildman–Crippen LogP) is 2.29. The maximum atomic E-state index is 12.5. The number of ether oxygens (including phenoxy) is 1. The van der Waals surface area contributed by atoms with E-state index in [1.54, 1.807) is 18.2 Å². The number of fused-ring (bicyclic) bond motifs is 3. The third-order valence-electron chi connectivity index (χ3n) is 5.33. The fraction of sp³-hybridized carbons (Fsp3) is 0.381. The first kappa shape index (κ1) is 18.3. The van der Waals surface area contributed by atoms with Crippen LogP contribution in [0.15, 0.2) is 28.7 Å². The number of furan rings is 1. The highest BCUT2D eigenvalue weighted by molar-refractivity contribution is 6.01. The zero-order valence-electron chi connectivity index (χ0n) is 15.7. The van der Waals surface area contributed by atoms with E-state index in [1.165, 1.54) is 12.0 Å². The topological polar surface area (TPSA) is 88.9 Å². The monoisotopic (exact) mass is 382 g/mol. The van der Waals surface area contributed by atoms with Crippen LogP contribution in [-0.4, -0.2) is 48.9 Å². The lowest BCUT2D eigenvalue weighted by Crippen LogP contribution is -2.45. The van der Waals surface area contributed by atoms with Gasteiger partial charge in [-0.2, -0.15) is 0 Å². The van der Waals surface area contributed by atoms with E-state index in [0.717, 1.165) is 41.6 Å². The summed E-state index contributed by atoms with van der Waals surface area (Å²) in [6, 6.07) is 4.70. The number of nitrogens with zero attached hydrogens (tertiary/aromatic N) is 1. The van der Waals surface area contributed by atoms with Gasteiger partial charge in [0.15, 0.2) is 0 Å². The van der Waals surface area contributed by atoms with E-state index in [4.69, 9.17) is 9.15 Å². The first-order valence-electron chi connectivity index (χ1n) is 9.46. The van der Waals surface area contributed by atoms with Crippen molar-refractivity contribution in [1.29, 1.82) is 0 Å². The van der Waals surface area contributed by atoms with Crippen LogP contribution in [0.2, 0.25) is 0 Å². The van der Waals surface area contributed by atoms with Crippen molar-refractivity contribution in [1.82, 2.24) is 10.2 Å². The zero-order chi connectivity index (χ0) is 19.7. The van der Waals surface area contributed by atoms with Gasteiger partial charge in [-0.3, -0.25) is 9.59 Å². The van der Waals surface area contributed by atoms with Crippen LogP contribution in [0.3, 0.4) is 0 Å². The second-order valence-electron chi connectivity index (χ2n) is 7.04. The molecule has 1 fully saturated rings. The second kappa shape index (κ2) is 7.50. The van der Waals surface area contributed by atoms with Crippen LogP contribution in [0.1, 0.15) is 40.9 Å².